The zero-order valence-electron chi connectivity index (χ0n) is 9.90. The van der Waals surface area contributed by atoms with Crippen molar-refractivity contribution in [3.63, 3.8) is 0 Å². The third kappa shape index (κ3) is 3.66. The van der Waals surface area contributed by atoms with Gasteiger partial charge in [-0.15, -0.1) is 0 Å². The Hall–Kier alpha value is -1.65. The van der Waals surface area contributed by atoms with Crippen LogP contribution in [0.25, 0.3) is 0 Å². The normalized spacial score (nSPS) is 10.2. The lowest BCUT2D eigenvalue weighted by molar-refractivity contribution is 0.305. The van der Waals surface area contributed by atoms with Crippen LogP contribution in [0.5, 0.6) is 5.75 Å². The minimum atomic E-state index is -0.279. The average Bonchev–Trinajstić information content (AvgIpc) is 2.39. The fourth-order valence-electron chi connectivity index (χ4n) is 1.56. The monoisotopic (exact) mass is 295 g/mol. The van der Waals surface area contributed by atoms with Gasteiger partial charge in [-0.2, -0.15) is 0 Å². The number of hydrogen-bond acceptors (Lipinski definition) is 2. The summed E-state index contributed by atoms with van der Waals surface area (Å²) in [4.78, 5) is 0.219. The van der Waals surface area contributed by atoms with Crippen molar-refractivity contribution in [3.05, 3.63) is 64.4 Å². The van der Waals surface area contributed by atoms with Crippen LogP contribution in [0.3, 0.4) is 0 Å². The summed E-state index contributed by atoms with van der Waals surface area (Å²) in [6.07, 6.45) is 0. The van der Waals surface area contributed by atoms with E-state index in [1.165, 1.54) is 12.1 Å². The Kier molecular flexibility index (Phi) is 4.35. The zero-order chi connectivity index (χ0) is 13.8. The molecule has 0 saturated heterocycles. The van der Waals surface area contributed by atoms with Crippen LogP contribution in [0.15, 0.2) is 42.5 Å². The van der Waals surface area contributed by atoms with E-state index in [-0.39, 0.29) is 10.8 Å². The van der Waals surface area contributed by atoms with Crippen LogP contribution in [0.2, 0.25) is 5.02 Å². The molecule has 0 aliphatic carbocycles. The van der Waals surface area contributed by atoms with Crippen molar-refractivity contribution in [2.75, 3.05) is 0 Å². The number of nitrogens with two attached hydrogens (primary N) is 1. The number of ether oxygens (including phenoxy) is 1. The number of thiocarbonyl (C=S) groups is 1. The molecule has 0 atom stereocenters. The lowest BCUT2D eigenvalue weighted by Gasteiger charge is -2.11. The van der Waals surface area contributed by atoms with Gasteiger partial charge in [0.2, 0.25) is 0 Å². The molecule has 0 heterocycles. The van der Waals surface area contributed by atoms with E-state index in [0.29, 0.717) is 22.9 Å². The van der Waals surface area contributed by atoms with Crippen molar-refractivity contribution in [1.82, 2.24) is 0 Å². The summed E-state index contributed by atoms with van der Waals surface area (Å²) in [7, 11) is 0. The van der Waals surface area contributed by atoms with E-state index in [9.17, 15) is 4.39 Å². The van der Waals surface area contributed by atoms with Gasteiger partial charge in [0.15, 0.2) is 0 Å². The SMILES string of the molecule is NC(=S)c1cc(Cl)ccc1OCc1ccc(F)cc1. The van der Waals surface area contributed by atoms with Crippen LogP contribution in [0.4, 0.5) is 4.39 Å². The Bertz CT molecular complexity index is 601. The smallest absolute Gasteiger partial charge is 0.130 e. The molecule has 19 heavy (non-hydrogen) atoms. The minimum Gasteiger partial charge on any atom is -0.488 e. The predicted octanol–water partition coefficient (Wildman–Crippen LogP) is 3.69. The van der Waals surface area contributed by atoms with Gasteiger partial charge in [-0.05, 0) is 35.9 Å². The summed E-state index contributed by atoms with van der Waals surface area (Å²) in [5, 5.41) is 0.539. The van der Waals surface area contributed by atoms with Gasteiger partial charge in [0.05, 0.1) is 5.56 Å². The van der Waals surface area contributed by atoms with E-state index in [4.69, 9.17) is 34.3 Å². The van der Waals surface area contributed by atoms with Crippen molar-refractivity contribution in [2.24, 2.45) is 5.73 Å². The Labute approximate surface area is 120 Å². The van der Waals surface area contributed by atoms with E-state index in [1.807, 2.05) is 0 Å². The van der Waals surface area contributed by atoms with Gasteiger partial charge in [-0.1, -0.05) is 36.0 Å². The second-order valence-electron chi connectivity index (χ2n) is 3.92. The summed E-state index contributed by atoms with van der Waals surface area (Å²) >= 11 is 10.8. The number of halogens is 2. The van der Waals surface area contributed by atoms with Crippen LogP contribution in [-0.2, 0) is 6.61 Å². The first-order valence-corrected chi connectivity index (χ1v) is 6.31. The highest BCUT2D eigenvalue weighted by atomic mass is 35.5. The van der Waals surface area contributed by atoms with Crippen molar-refractivity contribution in [1.29, 1.82) is 0 Å². The Morgan fingerprint density at radius 2 is 1.89 bits per heavy atom. The third-order valence-electron chi connectivity index (χ3n) is 2.51. The summed E-state index contributed by atoms with van der Waals surface area (Å²) < 4.78 is 18.4. The molecule has 0 saturated carbocycles. The maximum atomic E-state index is 12.8. The molecular formula is C14H11ClFNOS. The fraction of sp³-hybridized carbons (Fsp3) is 0.0714. The van der Waals surface area contributed by atoms with Gasteiger partial charge in [-0.25, -0.2) is 4.39 Å². The maximum Gasteiger partial charge on any atom is 0.130 e. The maximum absolute atomic E-state index is 12.8. The molecule has 0 radical (unpaired) electrons. The minimum absolute atomic E-state index is 0.219. The van der Waals surface area contributed by atoms with Gasteiger partial charge in [0.25, 0.3) is 0 Å². The van der Waals surface area contributed by atoms with E-state index >= 15 is 0 Å². The summed E-state index contributed by atoms with van der Waals surface area (Å²) in [6.45, 7) is 0.303. The highest BCUT2D eigenvalue weighted by Gasteiger charge is 2.07. The predicted molar refractivity (Wildman–Crippen MR) is 78.1 cm³/mol. The number of benzene rings is 2. The first-order chi connectivity index (χ1) is 9.06. The van der Waals surface area contributed by atoms with Gasteiger partial charge in [-0.3, -0.25) is 0 Å². The van der Waals surface area contributed by atoms with Crippen molar-refractivity contribution >= 4 is 28.8 Å². The van der Waals surface area contributed by atoms with E-state index in [2.05, 4.69) is 0 Å². The molecule has 2 N–H and O–H groups in total. The van der Waals surface area contributed by atoms with Crippen LogP contribution in [0, 0.1) is 5.82 Å². The molecule has 0 aliphatic heterocycles. The molecule has 98 valence electrons. The molecule has 0 aliphatic rings. The topological polar surface area (TPSA) is 35.2 Å². The van der Waals surface area contributed by atoms with Crippen LogP contribution in [0.1, 0.15) is 11.1 Å². The average molecular weight is 296 g/mol. The standard InChI is InChI=1S/C14H11ClFNOS/c15-10-3-6-13(12(7-10)14(17)19)18-8-9-1-4-11(16)5-2-9/h1-7H,8H2,(H2,17,19). The second kappa shape index (κ2) is 5.99. The van der Waals surface area contributed by atoms with Gasteiger partial charge < -0.3 is 10.5 Å². The molecule has 0 fully saturated rings. The fourth-order valence-corrected chi connectivity index (χ4v) is 1.89. The van der Waals surface area contributed by atoms with Crippen LogP contribution in [-0.4, -0.2) is 4.99 Å². The van der Waals surface area contributed by atoms with Gasteiger partial charge in [0, 0.05) is 5.02 Å². The van der Waals surface area contributed by atoms with Crippen molar-refractivity contribution < 1.29 is 9.13 Å². The molecule has 0 unspecified atom stereocenters. The van der Waals surface area contributed by atoms with Crippen molar-refractivity contribution in [3.8, 4) is 5.75 Å². The van der Waals surface area contributed by atoms with Gasteiger partial charge >= 0.3 is 0 Å². The van der Waals surface area contributed by atoms with Crippen LogP contribution < -0.4 is 10.5 Å². The molecule has 0 spiro atoms. The first-order valence-electron chi connectivity index (χ1n) is 5.53. The van der Waals surface area contributed by atoms with Crippen molar-refractivity contribution in [2.45, 2.75) is 6.61 Å². The lowest BCUT2D eigenvalue weighted by Crippen LogP contribution is -2.11. The lowest BCUT2D eigenvalue weighted by atomic mass is 10.2. The quantitative estimate of drug-likeness (QED) is 0.874. The molecule has 2 aromatic rings. The van der Waals surface area contributed by atoms with E-state index in [1.54, 1.807) is 30.3 Å². The Morgan fingerprint density at radius 3 is 2.53 bits per heavy atom. The highest BCUT2D eigenvalue weighted by Crippen LogP contribution is 2.23. The number of hydrogen-bond donors (Lipinski definition) is 1. The highest BCUT2D eigenvalue weighted by molar-refractivity contribution is 7.80. The largest absolute Gasteiger partial charge is 0.488 e. The van der Waals surface area contributed by atoms with Crippen LogP contribution >= 0.6 is 23.8 Å². The van der Waals surface area contributed by atoms with Gasteiger partial charge in [0.1, 0.15) is 23.2 Å². The molecular weight excluding hydrogens is 285 g/mol. The molecule has 0 amide bonds. The summed E-state index contributed by atoms with van der Waals surface area (Å²) in [6, 6.07) is 11.1. The second-order valence-corrected chi connectivity index (χ2v) is 4.80. The zero-order valence-corrected chi connectivity index (χ0v) is 11.5. The Balaban J connectivity index is 2.15. The summed E-state index contributed by atoms with van der Waals surface area (Å²) in [5.41, 5.74) is 7.06. The number of rotatable bonds is 4. The van der Waals surface area contributed by atoms with E-state index in [0.717, 1.165) is 5.56 Å². The summed E-state index contributed by atoms with van der Waals surface area (Å²) in [5.74, 6) is 0.278. The molecule has 2 rings (SSSR count). The molecule has 2 aromatic carbocycles. The third-order valence-corrected chi connectivity index (χ3v) is 2.97. The molecule has 0 aromatic heterocycles. The molecule has 0 bridgehead atoms. The molecule has 5 heteroatoms. The molecule has 2 nitrogen and oxygen atoms in total. The first kappa shape index (κ1) is 13.8. The Morgan fingerprint density at radius 1 is 1.21 bits per heavy atom. The van der Waals surface area contributed by atoms with E-state index < -0.39 is 0 Å².